The number of carbonyl (C=O) groups excluding carboxylic acids is 1. The van der Waals surface area contributed by atoms with Gasteiger partial charge in [-0.05, 0) is 60.9 Å². The van der Waals surface area contributed by atoms with Crippen LogP contribution in [0.3, 0.4) is 0 Å². The fraction of sp³-hybridized carbons (Fsp3) is 0.111. The SMILES string of the molecule is Cc1ccc(C(=O)Nc2ccc(-c3ccn[nH]3)cc2)cc1C. The molecule has 0 spiro atoms. The van der Waals surface area contributed by atoms with Gasteiger partial charge in [-0.2, -0.15) is 5.10 Å². The molecule has 2 aromatic carbocycles. The molecule has 1 heterocycles. The number of H-pyrrole nitrogens is 1. The van der Waals surface area contributed by atoms with Gasteiger partial charge in [-0.1, -0.05) is 18.2 Å². The van der Waals surface area contributed by atoms with E-state index in [1.807, 2.05) is 62.4 Å². The van der Waals surface area contributed by atoms with Crippen LogP contribution in [0.25, 0.3) is 11.3 Å². The van der Waals surface area contributed by atoms with Crippen molar-refractivity contribution >= 4 is 11.6 Å². The van der Waals surface area contributed by atoms with E-state index >= 15 is 0 Å². The van der Waals surface area contributed by atoms with Crippen LogP contribution < -0.4 is 5.32 Å². The topological polar surface area (TPSA) is 57.8 Å². The Bertz CT molecular complexity index is 790. The van der Waals surface area contributed by atoms with Crippen LogP contribution in [-0.4, -0.2) is 16.1 Å². The Morgan fingerprint density at radius 1 is 1.00 bits per heavy atom. The minimum Gasteiger partial charge on any atom is -0.322 e. The molecule has 0 radical (unpaired) electrons. The average Bonchev–Trinajstić information content (AvgIpc) is 3.05. The van der Waals surface area contributed by atoms with Gasteiger partial charge in [0.2, 0.25) is 0 Å². The first-order chi connectivity index (χ1) is 10.6. The Balaban J connectivity index is 1.75. The average molecular weight is 291 g/mol. The van der Waals surface area contributed by atoms with Crippen molar-refractivity contribution in [3.05, 3.63) is 71.4 Å². The van der Waals surface area contributed by atoms with Gasteiger partial charge in [-0.25, -0.2) is 0 Å². The molecule has 0 fully saturated rings. The molecule has 2 N–H and O–H groups in total. The molecule has 0 bridgehead atoms. The van der Waals surface area contributed by atoms with E-state index in [1.54, 1.807) is 6.20 Å². The first kappa shape index (κ1) is 14.1. The smallest absolute Gasteiger partial charge is 0.255 e. The lowest BCUT2D eigenvalue weighted by Gasteiger charge is -2.08. The Labute approximate surface area is 129 Å². The number of rotatable bonds is 3. The Morgan fingerprint density at radius 2 is 1.77 bits per heavy atom. The third kappa shape index (κ3) is 2.91. The maximum Gasteiger partial charge on any atom is 0.255 e. The van der Waals surface area contributed by atoms with E-state index in [9.17, 15) is 4.79 Å². The second kappa shape index (κ2) is 5.85. The summed E-state index contributed by atoms with van der Waals surface area (Å²) in [4.78, 5) is 12.3. The van der Waals surface area contributed by atoms with Crippen LogP contribution in [0.4, 0.5) is 5.69 Å². The molecule has 0 aliphatic carbocycles. The number of hydrogen-bond donors (Lipinski definition) is 2. The number of benzene rings is 2. The summed E-state index contributed by atoms with van der Waals surface area (Å²) in [6.07, 6.45) is 1.71. The molecule has 4 nitrogen and oxygen atoms in total. The molecular weight excluding hydrogens is 274 g/mol. The third-order valence-corrected chi connectivity index (χ3v) is 3.72. The van der Waals surface area contributed by atoms with Gasteiger partial charge in [-0.3, -0.25) is 9.89 Å². The standard InChI is InChI=1S/C18H17N3O/c1-12-3-4-15(11-13(12)2)18(22)20-16-7-5-14(6-8-16)17-9-10-19-21-17/h3-11H,1-2H3,(H,19,21)(H,20,22). The van der Waals surface area contributed by atoms with Crippen molar-refractivity contribution in [2.75, 3.05) is 5.32 Å². The quantitative estimate of drug-likeness (QED) is 0.767. The van der Waals surface area contributed by atoms with Crippen molar-refractivity contribution in [1.29, 1.82) is 0 Å². The normalized spacial score (nSPS) is 10.5. The zero-order chi connectivity index (χ0) is 15.5. The highest BCUT2D eigenvalue weighted by atomic mass is 16.1. The number of amides is 1. The van der Waals surface area contributed by atoms with E-state index in [4.69, 9.17) is 0 Å². The molecule has 3 rings (SSSR count). The van der Waals surface area contributed by atoms with Crippen molar-refractivity contribution in [3.8, 4) is 11.3 Å². The van der Waals surface area contributed by atoms with Crippen molar-refractivity contribution in [3.63, 3.8) is 0 Å². The van der Waals surface area contributed by atoms with Gasteiger partial charge in [0, 0.05) is 17.4 Å². The number of nitrogens with one attached hydrogen (secondary N) is 2. The van der Waals surface area contributed by atoms with E-state index < -0.39 is 0 Å². The second-order valence-electron chi connectivity index (χ2n) is 5.30. The van der Waals surface area contributed by atoms with Crippen molar-refractivity contribution < 1.29 is 4.79 Å². The highest BCUT2D eigenvalue weighted by molar-refractivity contribution is 6.04. The molecule has 110 valence electrons. The van der Waals surface area contributed by atoms with Crippen LogP contribution in [0.1, 0.15) is 21.5 Å². The van der Waals surface area contributed by atoms with Crippen LogP contribution in [0.15, 0.2) is 54.7 Å². The van der Waals surface area contributed by atoms with Gasteiger partial charge < -0.3 is 5.32 Å². The molecule has 0 unspecified atom stereocenters. The highest BCUT2D eigenvalue weighted by Crippen LogP contribution is 2.19. The summed E-state index contributed by atoms with van der Waals surface area (Å²) in [6.45, 7) is 4.04. The zero-order valence-corrected chi connectivity index (χ0v) is 12.6. The Kier molecular flexibility index (Phi) is 3.74. The molecule has 22 heavy (non-hydrogen) atoms. The van der Waals surface area contributed by atoms with Gasteiger partial charge in [0.05, 0.1) is 5.69 Å². The lowest BCUT2D eigenvalue weighted by molar-refractivity contribution is 0.102. The molecule has 0 saturated heterocycles. The van der Waals surface area contributed by atoms with Crippen molar-refractivity contribution in [2.45, 2.75) is 13.8 Å². The first-order valence-corrected chi connectivity index (χ1v) is 7.12. The van der Waals surface area contributed by atoms with Crippen LogP contribution in [0.2, 0.25) is 0 Å². The minimum absolute atomic E-state index is 0.0996. The fourth-order valence-corrected chi connectivity index (χ4v) is 2.24. The monoisotopic (exact) mass is 291 g/mol. The van der Waals surface area contributed by atoms with Crippen molar-refractivity contribution in [2.24, 2.45) is 0 Å². The summed E-state index contributed by atoms with van der Waals surface area (Å²) in [6, 6.07) is 15.3. The molecule has 0 aliphatic heterocycles. The minimum atomic E-state index is -0.0996. The largest absolute Gasteiger partial charge is 0.322 e. The lowest BCUT2D eigenvalue weighted by Crippen LogP contribution is -2.12. The number of carbonyl (C=O) groups is 1. The number of anilines is 1. The van der Waals surface area contributed by atoms with E-state index in [0.29, 0.717) is 5.56 Å². The summed E-state index contributed by atoms with van der Waals surface area (Å²) < 4.78 is 0. The highest BCUT2D eigenvalue weighted by Gasteiger charge is 2.07. The number of hydrogen-bond acceptors (Lipinski definition) is 2. The van der Waals surface area contributed by atoms with Gasteiger partial charge in [0.25, 0.3) is 5.91 Å². The van der Waals surface area contributed by atoms with Gasteiger partial charge >= 0.3 is 0 Å². The molecule has 1 amide bonds. The van der Waals surface area contributed by atoms with Gasteiger partial charge in [0.1, 0.15) is 0 Å². The zero-order valence-electron chi connectivity index (χ0n) is 12.6. The number of nitrogens with zero attached hydrogens (tertiary/aromatic N) is 1. The molecular formula is C18H17N3O. The Hall–Kier alpha value is -2.88. The number of aromatic amines is 1. The van der Waals surface area contributed by atoms with E-state index in [2.05, 4.69) is 15.5 Å². The number of aryl methyl sites for hydroxylation is 2. The van der Waals surface area contributed by atoms with Crippen LogP contribution in [0, 0.1) is 13.8 Å². The molecule has 4 heteroatoms. The molecule has 0 aliphatic rings. The summed E-state index contributed by atoms with van der Waals surface area (Å²) in [5.41, 5.74) is 5.71. The maximum absolute atomic E-state index is 12.3. The van der Waals surface area contributed by atoms with E-state index in [-0.39, 0.29) is 5.91 Å². The fourth-order valence-electron chi connectivity index (χ4n) is 2.24. The summed E-state index contributed by atoms with van der Waals surface area (Å²) in [5.74, 6) is -0.0996. The molecule has 3 aromatic rings. The molecule has 1 aromatic heterocycles. The summed E-state index contributed by atoms with van der Waals surface area (Å²) in [5, 5.41) is 9.76. The summed E-state index contributed by atoms with van der Waals surface area (Å²) >= 11 is 0. The van der Waals surface area contributed by atoms with Crippen LogP contribution >= 0.6 is 0 Å². The van der Waals surface area contributed by atoms with Gasteiger partial charge in [0.15, 0.2) is 0 Å². The predicted molar refractivity (Wildman–Crippen MR) is 87.9 cm³/mol. The number of aromatic nitrogens is 2. The third-order valence-electron chi connectivity index (χ3n) is 3.72. The molecule has 0 atom stereocenters. The van der Waals surface area contributed by atoms with Crippen LogP contribution in [-0.2, 0) is 0 Å². The predicted octanol–water partition coefficient (Wildman–Crippen LogP) is 3.95. The second-order valence-corrected chi connectivity index (χ2v) is 5.30. The summed E-state index contributed by atoms with van der Waals surface area (Å²) in [7, 11) is 0. The Morgan fingerprint density at radius 3 is 2.41 bits per heavy atom. The van der Waals surface area contributed by atoms with Gasteiger partial charge in [-0.15, -0.1) is 0 Å². The maximum atomic E-state index is 12.3. The van der Waals surface area contributed by atoms with E-state index in [0.717, 1.165) is 22.5 Å². The van der Waals surface area contributed by atoms with Crippen molar-refractivity contribution in [1.82, 2.24) is 10.2 Å². The van der Waals surface area contributed by atoms with E-state index in [1.165, 1.54) is 5.56 Å². The first-order valence-electron chi connectivity index (χ1n) is 7.12. The van der Waals surface area contributed by atoms with Crippen LogP contribution in [0.5, 0.6) is 0 Å². The molecule has 0 saturated carbocycles. The lowest BCUT2D eigenvalue weighted by atomic mass is 10.1.